The number of ether oxygens (including phenoxy) is 2. The summed E-state index contributed by atoms with van der Waals surface area (Å²) in [6, 6.07) is 8.79. The molecular formula is C23H36N4O3. The van der Waals surface area contributed by atoms with Crippen LogP contribution < -0.4 is 10.1 Å². The van der Waals surface area contributed by atoms with Crippen LogP contribution in [0.1, 0.15) is 31.4 Å². The molecule has 2 aliphatic rings. The van der Waals surface area contributed by atoms with Gasteiger partial charge in [0.05, 0.1) is 20.1 Å². The molecule has 2 fully saturated rings. The van der Waals surface area contributed by atoms with Gasteiger partial charge in [-0.2, -0.15) is 0 Å². The summed E-state index contributed by atoms with van der Waals surface area (Å²) in [6.07, 6.45) is 2.37. The number of hydrogen-bond donors (Lipinski definition) is 1. The lowest BCUT2D eigenvalue weighted by Crippen LogP contribution is -2.46. The zero-order valence-corrected chi connectivity index (χ0v) is 18.9. The third-order valence-electron chi connectivity index (χ3n) is 6.61. The number of nitrogens with one attached hydrogen (secondary N) is 1. The Balaban J connectivity index is 1.66. The summed E-state index contributed by atoms with van der Waals surface area (Å²) in [5.74, 6) is 2.26. The molecule has 30 heavy (non-hydrogen) atoms. The number of guanidine groups is 1. The molecule has 2 saturated heterocycles. The molecule has 2 heterocycles. The lowest BCUT2D eigenvalue weighted by molar-refractivity contribution is -0.145. The van der Waals surface area contributed by atoms with E-state index in [4.69, 9.17) is 9.47 Å². The second-order valence-corrected chi connectivity index (χ2v) is 8.54. The average Bonchev–Trinajstić information content (AvgIpc) is 3.15. The molecule has 1 N–H and O–H groups in total. The molecule has 2 aliphatic heterocycles. The largest absolute Gasteiger partial charge is 0.497 e. The Hall–Kier alpha value is -2.28. The van der Waals surface area contributed by atoms with Crippen LogP contribution in [-0.4, -0.2) is 76.2 Å². The minimum Gasteiger partial charge on any atom is -0.497 e. The zero-order valence-electron chi connectivity index (χ0n) is 18.9. The number of benzene rings is 1. The Morgan fingerprint density at radius 2 is 1.97 bits per heavy atom. The van der Waals surface area contributed by atoms with Gasteiger partial charge in [0.15, 0.2) is 5.96 Å². The summed E-state index contributed by atoms with van der Waals surface area (Å²) >= 11 is 0. The van der Waals surface area contributed by atoms with E-state index in [1.165, 1.54) is 25.5 Å². The van der Waals surface area contributed by atoms with Gasteiger partial charge in [-0.05, 0) is 56.0 Å². The predicted octanol–water partition coefficient (Wildman–Crippen LogP) is 2.39. The van der Waals surface area contributed by atoms with Crippen molar-refractivity contribution in [3.63, 3.8) is 0 Å². The quantitative estimate of drug-likeness (QED) is 0.452. The minimum atomic E-state index is -0.131. The first-order chi connectivity index (χ1) is 14.5. The average molecular weight is 417 g/mol. The van der Waals surface area contributed by atoms with E-state index < -0.39 is 0 Å². The highest BCUT2D eigenvalue weighted by Crippen LogP contribution is 2.35. The van der Waals surface area contributed by atoms with Gasteiger partial charge in [-0.25, -0.2) is 0 Å². The SMILES string of the molecule is CN=C(NCC1CCCN(C)C1c1ccc(OC)cc1)N1CC(C)C(C(=O)OC)C1. The maximum atomic E-state index is 12.0. The molecule has 4 unspecified atom stereocenters. The molecule has 1 aromatic carbocycles. The van der Waals surface area contributed by atoms with Crippen LogP contribution in [0.2, 0.25) is 0 Å². The highest BCUT2D eigenvalue weighted by atomic mass is 16.5. The molecule has 0 bridgehead atoms. The number of nitrogens with zero attached hydrogens (tertiary/aromatic N) is 3. The Morgan fingerprint density at radius 1 is 1.23 bits per heavy atom. The lowest BCUT2D eigenvalue weighted by atomic mass is 9.85. The van der Waals surface area contributed by atoms with Crippen LogP contribution in [0, 0.1) is 17.8 Å². The van der Waals surface area contributed by atoms with Crippen LogP contribution in [0.15, 0.2) is 29.3 Å². The molecule has 4 atom stereocenters. The fourth-order valence-electron chi connectivity index (χ4n) is 4.95. The number of carbonyl (C=O) groups is 1. The van der Waals surface area contributed by atoms with Crippen LogP contribution in [0.3, 0.4) is 0 Å². The molecule has 0 aliphatic carbocycles. The van der Waals surface area contributed by atoms with Gasteiger partial charge >= 0.3 is 5.97 Å². The minimum absolute atomic E-state index is 0.0959. The van der Waals surface area contributed by atoms with E-state index in [2.05, 4.69) is 46.2 Å². The molecule has 166 valence electrons. The Morgan fingerprint density at radius 3 is 2.60 bits per heavy atom. The molecule has 0 amide bonds. The molecule has 0 saturated carbocycles. The van der Waals surface area contributed by atoms with Crippen LogP contribution in [-0.2, 0) is 9.53 Å². The smallest absolute Gasteiger partial charge is 0.310 e. The van der Waals surface area contributed by atoms with Crippen molar-refractivity contribution in [3.8, 4) is 5.75 Å². The molecule has 7 nitrogen and oxygen atoms in total. The molecular weight excluding hydrogens is 380 g/mol. The summed E-state index contributed by atoms with van der Waals surface area (Å²) in [5, 5.41) is 3.59. The van der Waals surface area contributed by atoms with Gasteiger partial charge in [0.25, 0.3) is 0 Å². The van der Waals surface area contributed by atoms with E-state index in [0.29, 0.717) is 18.5 Å². The monoisotopic (exact) mass is 416 g/mol. The van der Waals surface area contributed by atoms with Crippen molar-refractivity contribution in [1.29, 1.82) is 0 Å². The number of methoxy groups -OCH3 is 2. The van der Waals surface area contributed by atoms with E-state index >= 15 is 0 Å². The number of aliphatic imine (C=N–C) groups is 1. The maximum Gasteiger partial charge on any atom is 0.310 e. The van der Waals surface area contributed by atoms with Gasteiger partial charge in [-0.3, -0.25) is 14.7 Å². The fourth-order valence-corrected chi connectivity index (χ4v) is 4.95. The third-order valence-corrected chi connectivity index (χ3v) is 6.61. The van der Waals surface area contributed by atoms with Crippen LogP contribution >= 0.6 is 0 Å². The van der Waals surface area contributed by atoms with Gasteiger partial charge in [-0.1, -0.05) is 19.1 Å². The van der Waals surface area contributed by atoms with Gasteiger partial charge in [0, 0.05) is 32.7 Å². The fraction of sp³-hybridized carbons (Fsp3) is 0.652. The van der Waals surface area contributed by atoms with E-state index in [9.17, 15) is 4.79 Å². The molecule has 0 aromatic heterocycles. The number of piperidine rings is 1. The number of hydrogen-bond acceptors (Lipinski definition) is 5. The number of carbonyl (C=O) groups excluding carboxylic acids is 1. The summed E-state index contributed by atoms with van der Waals surface area (Å²) < 4.78 is 10.3. The van der Waals surface area contributed by atoms with Gasteiger partial charge in [0.2, 0.25) is 0 Å². The lowest BCUT2D eigenvalue weighted by Gasteiger charge is -2.40. The van der Waals surface area contributed by atoms with Crippen LogP contribution in [0.5, 0.6) is 5.75 Å². The molecule has 0 radical (unpaired) electrons. The molecule has 7 heteroatoms. The van der Waals surface area contributed by atoms with Crippen molar-refractivity contribution in [2.45, 2.75) is 25.8 Å². The van der Waals surface area contributed by atoms with Gasteiger partial charge in [0.1, 0.15) is 5.75 Å². The van der Waals surface area contributed by atoms with Crippen molar-refractivity contribution in [2.75, 3.05) is 54.5 Å². The highest BCUT2D eigenvalue weighted by Gasteiger charge is 2.37. The van der Waals surface area contributed by atoms with E-state index in [0.717, 1.165) is 31.3 Å². The van der Waals surface area contributed by atoms with Crippen molar-refractivity contribution < 1.29 is 14.3 Å². The first kappa shape index (κ1) is 22.4. The van der Waals surface area contributed by atoms with Crippen molar-refractivity contribution >= 4 is 11.9 Å². The van der Waals surface area contributed by atoms with Crippen LogP contribution in [0.25, 0.3) is 0 Å². The Bertz CT molecular complexity index is 736. The summed E-state index contributed by atoms with van der Waals surface area (Å²) in [5.41, 5.74) is 1.32. The topological polar surface area (TPSA) is 66.4 Å². The Labute approximate surface area is 180 Å². The second kappa shape index (κ2) is 10.2. The third kappa shape index (κ3) is 4.89. The number of likely N-dealkylation sites (tertiary alicyclic amines) is 2. The van der Waals surface area contributed by atoms with Crippen molar-refractivity contribution in [2.24, 2.45) is 22.7 Å². The number of rotatable bonds is 5. The van der Waals surface area contributed by atoms with Crippen molar-refractivity contribution in [1.82, 2.24) is 15.1 Å². The zero-order chi connectivity index (χ0) is 21.7. The summed E-state index contributed by atoms with van der Waals surface area (Å²) in [4.78, 5) is 21.2. The summed E-state index contributed by atoms with van der Waals surface area (Å²) in [7, 11) is 7.18. The van der Waals surface area contributed by atoms with Gasteiger partial charge in [-0.15, -0.1) is 0 Å². The first-order valence-corrected chi connectivity index (χ1v) is 10.9. The standard InChI is InChI=1S/C23H36N4O3/c1-16-14-27(15-20(16)22(28)30-5)23(24-2)25-13-18-7-6-12-26(3)21(18)17-8-10-19(29-4)11-9-17/h8-11,16,18,20-21H,6-7,12-15H2,1-5H3,(H,24,25). The summed E-state index contributed by atoms with van der Waals surface area (Å²) in [6.45, 7) is 5.52. The van der Waals surface area contributed by atoms with Crippen LogP contribution in [0.4, 0.5) is 0 Å². The molecule has 0 spiro atoms. The first-order valence-electron chi connectivity index (χ1n) is 10.9. The van der Waals surface area contributed by atoms with Gasteiger partial charge < -0.3 is 19.7 Å². The highest BCUT2D eigenvalue weighted by molar-refractivity contribution is 5.82. The van der Waals surface area contributed by atoms with E-state index in [1.807, 2.05) is 19.2 Å². The second-order valence-electron chi connectivity index (χ2n) is 8.54. The predicted molar refractivity (Wildman–Crippen MR) is 119 cm³/mol. The molecule has 3 rings (SSSR count). The normalized spacial score (nSPS) is 27.8. The van der Waals surface area contributed by atoms with E-state index in [1.54, 1.807) is 7.11 Å². The van der Waals surface area contributed by atoms with Crippen molar-refractivity contribution in [3.05, 3.63) is 29.8 Å². The Kier molecular flexibility index (Phi) is 7.58. The molecule has 1 aromatic rings. The maximum absolute atomic E-state index is 12.0. The number of esters is 1. The van der Waals surface area contributed by atoms with E-state index in [-0.39, 0.29) is 17.8 Å².